The zero-order chi connectivity index (χ0) is 13.7. The lowest BCUT2D eigenvalue weighted by atomic mass is 10.1. The van der Waals surface area contributed by atoms with Crippen LogP contribution in [-0.4, -0.2) is 51.2 Å². The molecule has 1 amide bonds. The maximum atomic E-state index is 12.0. The van der Waals surface area contributed by atoms with Crippen LogP contribution in [0.4, 0.5) is 0 Å². The predicted molar refractivity (Wildman–Crippen MR) is 83.9 cm³/mol. The summed E-state index contributed by atoms with van der Waals surface area (Å²) >= 11 is 6.74. The molecule has 1 aliphatic heterocycles. The molecular formula is C12H15BrN2O2S2. The molecule has 7 heteroatoms. The van der Waals surface area contributed by atoms with E-state index < -0.39 is 5.60 Å². The second-order valence-electron chi connectivity index (χ2n) is 4.40. The van der Waals surface area contributed by atoms with Crippen molar-refractivity contribution in [2.75, 3.05) is 29.6 Å². The van der Waals surface area contributed by atoms with Crippen molar-refractivity contribution >= 4 is 45.4 Å². The first-order valence-corrected chi connectivity index (χ1v) is 8.96. The largest absolute Gasteiger partial charge is 0.386 e. The smallest absolute Gasteiger partial charge is 0.252 e. The van der Waals surface area contributed by atoms with E-state index in [0.29, 0.717) is 17.1 Å². The number of pyridine rings is 1. The van der Waals surface area contributed by atoms with Gasteiger partial charge in [0.15, 0.2) is 0 Å². The highest BCUT2D eigenvalue weighted by Gasteiger charge is 2.29. The number of halogens is 1. The van der Waals surface area contributed by atoms with Gasteiger partial charge in [0, 0.05) is 46.4 Å². The molecule has 1 aromatic heterocycles. The van der Waals surface area contributed by atoms with Crippen molar-refractivity contribution in [3.05, 3.63) is 28.5 Å². The highest BCUT2D eigenvalue weighted by molar-refractivity contribution is 9.10. The van der Waals surface area contributed by atoms with Crippen LogP contribution in [0.3, 0.4) is 0 Å². The van der Waals surface area contributed by atoms with Crippen LogP contribution in [0, 0.1) is 0 Å². The number of carbonyl (C=O) groups excluding carboxylic acids is 1. The molecule has 0 radical (unpaired) electrons. The van der Waals surface area contributed by atoms with Crippen molar-refractivity contribution in [1.29, 1.82) is 0 Å². The van der Waals surface area contributed by atoms with Gasteiger partial charge in [0.1, 0.15) is 0 Å². The van der Waals surface area contributed by atoms with Crippen LogP contribution in [0.5, 0.6) is 0 Å². The van der Waals surface area contributed by atoms with Gasteiger partial charge in [-0.1, -0.05) is 0 Å². The van der Waals surface area contributed by atoms with Crippen molar-refractivity contribution < 1.29 is 9.90 Å². The van der Waals surface area contributed by atoms with Crippen LogP contribution in [-0.2, 0) is 0 Å². The van der Waals surface area contributed by atoms with E-state index >= 15 is 0 Å². The molecular weight excluding hydrogens is 348 g/mol. The van der Waals surface area contributed by atoms with Gasteiger partial charge < -0.3 is 10.4 Å². The van der Waals surface area contributed by atoms with Gasteiger partial charge >= 0.3 is 0 Å². The highest BCUT2D eigenvalue weighted by atomic mass is 79.9. The van der Waals surface area contributed by atoms with Crippen LogP contribution in [0.2, 0.25) is 0 Å². The Kier molecular flexibility index (Phi) is 5.56. The summed E-state index contributed by atoms with van der Waals surface area (Å²) in [5.74, 6) is 3.22. The average molecular weight is 363 g/mol. The molecule has 0 unspecified atom stereocenters. The first-order valence-electron chi connectivity index (χ1n) is 5.86. The summed E-state index contributed by atoms with van der Waals surface area (Å²) in [6.07, 6.45) is 3.14. The summed E-state index contributed by atoms with van der Waals surface area (Å²) < 4.78 is 0.763. The van der Waals surface area contributed by atoms with E-state index in [4.69, 9.17) is 0 Å². The Hall–Kier alpha value is -0.240. The van der Waals surface area contributed by atoms with Crippen LogP contribution in [0.25, 0.3) is 0 Å². The van der Waals surface area contributed by atoms with Crippen LogP contribution < -0.4 is 5.32 Å². The summed E-state index contributed by atoms with van der Waals surface area (Å²) in [6.45, 7) is 0.276. The zero-order valence-electron chi connectivity index (χ0n) is 10.3. The van der Waals surface area contributed by atoms with E-state index in [1.165, 1.54) is 6.20 Å². The minimum atomic E-state index is -0.819. The molecule has 1 aliphatic rings. The SMILES string of the molecule is O=C(NCC1(O)CSCCSC1)c1cncc(Br)c1. The van der Waals surface area contributed by atoms with Crippen molar-refractivity contribution in [1.82, 2.24) is 10.3 Å². The van der Waals surface area contributed by atoms with E-state index in [1.807, 2.05) is 0 Å². The number of aliphatic hydroxyl groups is 1. The summed E-state index contributed by atoms with van der Waals surface area (Å²) in [4.78, 5) is 15.9. The van der Waals surface area contributed by atoms with E-state index in [-0.39, 0.29) is 12.5 Å². The zero-order valence-corrected chi connectivity index (χ0v) is 13.5. The third kappa shape index (κ3) is 4.66. The lowest BCUT2D eigenvalue weighted by molar-refractivity contribution is 0.0753. The van der Waals surface area contributed by atoms with Gasteiger partial charge in [0.2, 0.25) is 0 Å². The summed E-state index contributed by atoms with van der Waals surface area (Å²) in [6, 6.07) is 1.71. The van der Waals surface area contributed by atoms with Crippen LogP contribution in [0.15, 0.2) is 22.9 Å². The molecule has 0 saturated carbocycles. The van der Waals surface area contributed by atoms with E-state index in [0.717, 1.165) is 16.0 Å². The van der Waals surface area contributed by atoms with E-state index in [2.05, 4.69) is 26.2 Å². The van der Waals surface area contributed by atoms with Crippen molar-refractivity contribution in [2.45, 2.75) is 5.60 Å². The number of hydrogen-bond donors (Lipinski definition) is 2. The molecule has 1 saturated heterocycles. The third-order valence-electron chi connectivity index (χ3n) is 2.66. The molecule has 4 nitrogen and oxygen atoms in total. The molecule has 0 bridgehead atoms. The lowest BCUT2D eigenvalue weighted by Crippen LogP contribution is -2.46. The van der Waals surface area contributed by atoms with Crippen molar-refractivity contribution in [3.63, 3.8) is 0 Å². The number of hydrogen-bond acceptors (Lipinski definition) is 5. The predicted octanol–water partition coefficient (Wildman–Crippen LogP) is 1.78. The lowest BCUT2D eigenvalue weighted by Gasteiger charge is -2.25. The molecule has 2 N–H and O–H groups in total. The fraction of sp³-hybridized carbons (Fsp3) is 0.500. The molecule has 0 aromatic carbocycles. The summed E-state index contributed by atoms with van der Waals surface area (Å²) in [5, 5.41) is 13.2. The number of thioether (sulfide) groups is 2. The van der Waals surface area contributed by atoms with Gasteiger partial charge in [-0.05, 0) is 22.0 Å². The van der Waals surface area contributed by atoms with Gasteiger partial charge in [0.25, 0.3) is 5.91 Å². The minimum absolute atomic E-state index is 0.207. The average Bonchev–Trinajstić information content (AvgIpc) is 2.61. The number of amides is 1. The maximum Gasteiger partial charge on any atom is 0.252 e. The molecule has 0 aliphatic carbocycles. The van der Waals surface area contributed by atoms with Gasteiger partial charge in [-0.25, -0.2) is 0 Å². The molecule has 1 fully saturated rings. The van der Waals surface area contributed by atoms with Crippen LogP contribution in [0.1, 0.15) is 10.4 Å². The Labute approximate surface area is 129 Å². The summed E-state index contributed by atoms with van der Waals surface area (Å²) in [5.41, 5.74) is -0.326. The number of nitrogens with one attached hydrogen (secondary N) is 1. The first kappa shape index (κ1) is 15.2. The fourth-order valence-corrected chi connectivity index (χ4v) is 4.56. The first-order chi connectivity index (χ1) is 9.09. The maximum absolute atomic E-state index is 12.0. The fourth-order valence-electron chi connectivity index (χ4n) is 1.67. The standard InChI is InChI=1S/C12H15BrN2O2S2/c13-10-3-9(4-14-5-10)11(16)15-6-12(17)7-18-1-2-19-8-12/h3-5,17H,1-2,6-8H2,(H,15,16). The number of aromatic nitrogens is 1. The van der Waals surface area contributed by atoms with E-state index in [1.54, 1.807) is 35.8 Å². The Balaban J connectivity index is 1.92. The quantitative estimate of drug-likeness (QED) is 0.857. The second kappa shape index (κ2) is 6.97. The Bertz CT molecular complexity index is 451. The van der Waals surface area contributed by atoms with Gasteiger partial charge in [-0.2, -0.15) is 23.5 Å². The Morgan fingerprint density at radius 2 is 2.11 bits per heavy atom. The van der Waals surface area contributed by atoms with E-state index in [9.17, 15) is 9.90 Å². The molecule has 0 spiro atoms. The topological polar surface area (TPSA) is 62.2 Å². The number of rotatable bonds is 3. The molecule has 0 atom stereocenters. The van der Waals surface area contributed by atoms with Gasteiger partial charge in [0.05, 0.1) is 11.2 Å². The molecule has 1 aromatic rings. The molecule has 19 heavy (non-hydrogen) atoms. The molecule has 2 rings (SSSR count). The third-order valence-corrected chi connectivity index (χ3v) is 5.82. The Morgan fingerprint density at radius 1 is 1.42 bits per heavy atom. The second-order valence-corrected chi connectivity index (χ2v) is 7.53. The van der Waals surface area contributed by atoms with Gasteiger partial charge in [-0.3, -0.25) is 9.78 Å². The van der Waals surface area contributed by atoms with Gasteiger partial charge in [-0.15, -0.1) is 0 Å². The van der Waals surface area contributed by atoms with Crippen LogP contribution >= 0.6 is 39.5 Å². The normalized spacial score (nSPS) is 18.6. The highest BCUT2D eigenvalue weighted by Crippen LogP contribution is 2.24. The monoisotopic (exact) mass is 362 g/mol. The molecule has 2 heterocycles. The summed E-state index contributed by atoms with van der Waals surface area (Å²) in [7, 11) is 0. The van der Waals surface area contributed by atoms with Crippen molar-refractivity contribution in [3.8, 4) is 0 Å². The molecule has 104 valence electrons. The number of carbonyl (C=O) groups is 1. The Morgan fingerprint density at radius 3 is 2.74 bits per heavy atom. The number of nitrogens with zero attached hydrogens (tertiary/aromatic N) is 1. The van der Waals surface area contributed by atoms with Crippen molar-refractivity contribution in [2.24, 2.45) is 0 Å². The minimum Gasteiger partial charge on any atom is -0.386 e.